The molecule has 126 valence electrons. The number of ether oxygens (including phenoxy) is 1. The summed E-state index contributed by atoms with van der Waals surface area (Å²) in [6.07, 6.45) is 1.51. The smallest absolute Gasteiger partial charge is 0.342 e. The van der Waals surface area contributed by atoms with Crippen LogP contribution in [0.2, 0.25) is 5.02 Å². The Balaban J connectivity index is 2.04. The summed E-state index contributed by atoms with van der Waals surface area (Å²) in [5.74, 6) is 0.0971. The highest BCUT2D eigenvalue weighted by atomic mass is 35.5. The fourth-order valence-corrected chi connectivity index (χ4v) is 3.30. The molecule has 0 radical (unpaired) electrons. The highest BCUT2D eigenvalue weighted by molar-refractivity contribution is 7.99. The Morgan fingerprint density at radius 1 is 1.12 bits per heavy atom. The van der Waals surface area contributed by atoms with Gasteiger partial charge in [-0.3, -0.25) is 0 Å². The monoisotopic (exact) mass is 370 g/mol. The molecule has 0 aliphatic carbocycles. The Labute approximate surface area is 155 Å². The molecule has 0 unspecified atom stereocenters. The van der Waals surface area contributed by atoms with Gasteiger partial charge < -0.3 is 4.74 Å². The molecule has 3 aromatic rings. The number of carbonyl (C=O) groups excluding carboxylic acids is 1. The van der Waals surface area contributed by atoms with Crippen molar-refractivity contribution in [2.75, 3.05) is 6.61 Å². The van der Waals surface area contributed by atoms with Crippen LogP contribution in [0.5, 0.6) is 0 Å². The zero-order valence-electron chi connectivity index (χ0n) is 13.5. The molecule has 0 aliphatic heterocycles. The van der Waals surface area contributed by atoms with Crippen LogP contribution in [0.15, 0.2) is 70.7 Å². The fourth-order valence-electron chi connectivity index (χ4n) is 2.15. The summed E-state index contributed by atoms with van der Waals surface area (Å²) < 4.78 is 5.12. The number of rotatable bonds is 5. The van der Waals surface area contributed by atoms with Gasteiger partial charge in [0, 0.05) is 16.7 Å². The van der Waals surface area contributed by atoms with Crippen LogP contribution in [0.25, 0.3) is 11.4 Å². The van der Waals surface area contributed by atoms with E-state index in [1.54, 1.807) is 13.0 Å². The average Bonchev–Trinajstić information content (AvgIpc) is 2.64. The third-order valence-electron chi connectivity index (χ3n) is 3.32. The number of carbonyl (C=O) groups is 1. The molecule has 0 bridgehead atoms. The van der Waals surface area contributed by atoms with E-state index in [-0.39, 0.29) is 6.61 Å². The molecule has 0 spiro atoms. The van der Waals surface area contributed by atoms with Crippen molar-refractivity contribution >= 4 is 29.3 Å². The minimum absolute atomic E-state index is 0.287. The molecule has 0 saturated heterocycles. The Hall–Kier alpha value is -2.37. The second-order valence-electron chi connectivity index (χ2n) is 5.03. The molecule has 2 aromatic carbocycles. The van der Waals surface area contributed by atoms with E-state index in [4.69, 9.17) is 16.3 Å². The fraction of sp³-hybridized carbons (Fsp3) is 0.105. The summed E-state index contributed by atoms with van der Waals surface area (Å²) in [6.45, 7) is 2.05. The van der Waals surface area contributed by atoms with E-state index in [1.165, 1.54) is 18.0 Å². The molecule has 0 saturated carbocycles. The van der Waals surface area contributed by atoms with Crippen LogP contribution in [0.3, 0.4) is 0 Å². The minimum Gasteiger partial charge on any atom is -0.462 e. The normalized spacial score (nSPS) is 10.5. The third kappa shape index (κ3) is 4.18. The summed E-state index contributed by atoms with van der Waals surface area (Å²) >= 11 is 7.56. The van der Waals surface area contributed by atoms with E-state index in [0.717, 1.165) is 10.5 Å². The molecule has 3 rings (SSSR count). The van der Waals surface area contributed by atoms with E-state index in [0.29, 0.717) is 21.4 Å². The molecule has 0 aliphatic rings. The second-order valence-corrected chi connectivity index (χ2v) is 6.47. The molecule has 0 atom stereocenters. The summed E-state index contributed by atoms with van der Waals surface area (Å²) in [4.78, 5) is 21.9. The Kier molecular flexibility index (Phi) is 5.68. The van der Waals surface area contributed by atoms with Crippen molar-refractivity contribution < 1.29 is 9.53 Å². The molecule has 0 N–H and O–H groups in total. The number of halogens is 1. The topological polar surface area (TPSA) is 52.1 Å². The first-order valence-corrected chi connectivity index (χ1v) is 8.90. The van der Waals surface area contributed by atoms with Crippen LogP contribution in [0.1, 0.15) is 17.3 Å². The van der Waals surface area contributed by atoms with Gasteiger partial charge in [-0.1, -0.05) is 65.8 Å². The van der Waals surface area contributed by atoms with Crippen LogP contribution in [-0.2, 0) is 4.74 Å². The first-order valence-electron chi connectivity index (χ1n) is 7.71. The van der Waals surface area contributed by atoms with Gasteiger partial charge >= 0.3 is 5.97 Å². The standard InChI is InChI=1S/C19H15ClN2O2S/c1-2-24-19(23)14-12-21-17(13-8-4-3-5-9-13)22-18(14)25-16-11-7-6-10-15(16)20/h3-12H,2H2,1H3. The SMILES string of the molecule is CCOC(=O)c1cnc(-c2ccccc2)nc1Sc1ccccc1Cl. The van der Waals surface area contributed by atoms with Crippen molar-refractivity contribution in [2.45, 2.75) is 16.8 Å². The van der Waals surface area contributed by atoms with Gasteiger partial charge in [-0.15, -0.1) is 0 Å². The lowest BCUT2D eigenvalue weighted by Crippen LogP contribution is -2.09. The van der Waals surface area contributed by atoms with Crippen molar-refractivity contribution in [3.05, 3.63) is 71.4 Å². The Bertz CT molecular complexity index is 888. The van der Waals surface area contributed by atoms with Crippen LogP contribution in [0.4, 0.5) is 0 Å². The lowest BCUT2D eigenvalue weighted by atomic mass is 10.2. The first-order chi connectivity index (χ1) is 12.2. The van der Waals surface area contributed by atoms with Crippen molar-refractivity contribution in [1.82, 2.24) is 9.97 Å². The largest absolute Gasteiger partial charge is 0.462 e. The van der Waals surface area contributed by atoms with E-state index >= 15 is 0 Å². The van der Waals surface area contributed by atoms with Gasteiger partial charge in [0.25, 0.3) is 0 Å². The lowest BCUT2D eigenvalue weighted by Gasteiger charge is -2.10. The predicted molar refractivity (Wildman–Crippen MR) is 99.0 cm³/mol. The van der Waals surface area contributed by atoms with Gasteiger partial charge in [0.05, 0.1) is 11.6 Å². The van der Waals surface area contributed by atoms with E-state index < -0.39 is 5.97 Å². The zero-order chi connectivity index (χ0) is 17.6. The molecular weight excluding hydrogens is 356 g/mol. The zero-order valence-corrected chi connectivity index (χ0v) is 15.1. The number of nitrogens with zero attached hydrogens (tertiary/aromatic N) is 2. The Morgan fingerprint density at radius 3 is 2.56 bits per heavy atom. The predicted octanol–water partition coefficient (Wildman–Crippen LogP) is 5.12. The number of hydrogen-bond acceptors (Lipinski definition) is 5. The van der Waals surface area contributed by atoms with Gasteiger partial charge in [0.2, 0.25) is 0 Å². The van der Waals surface area contributed by atoms with Crippen molar-refractivity contribution in [2.24, 2.45) is 0 Å². The van der Waals surface area contributed by atoms with Crippen LogP contribution in [-0.4, -0.2) is 22.5 Å². The van der Waals surface area contributed by atoms with Gasteiger partial charge in [-0.2, -0.15) is 0 Å². The molecule has 1 aromatic heterocycles. The van der Waals surface area contributed by atoms with E-state index in [1.807, 2.05) is 48.5 Å². The number of benzene rings is 2. The average molecular weight is 371 g/mol. The summed E-state index contributed by atoms with van der Waals surface area (Å²) in [5.41, 5.74) is 1.20. The van der Waals surface area contributed by atoms with Gasteiger partial charge in [0.15, 0.2) is 5.82 Å². The van der Waals surface area contributed by atoms with Crippen LogP contribution >= 0.6 is 23.4 Å². The summed E-state index contributed by atoms with van der Waals surface area (Å²) in [7, 11) is 0. The van der Waals surface area contributed by atoms with Gasteiger partial charge in [-0.25, -0.2) is 14.8 Å². The maximum atomic E-state index is 12.2. The number of aromatic nitrogens is 2. The van der Waals surface area contributed by atoms with Gasteiger partial charge in [0.1, 0.15) is 10.6 Å². The van der Waals surface area contributed by atoms with E-state index in [9.17, 15) is 4.79 Å². The van der Waals surface area contributed by atoms with E-state index in [2.05, 4.69) is 9.97 Å². The number of esters is 1. The summed E-state index contributed by atoms with van der Waals surface area (Å²) in [6, 6.07) is 17.0. The number of hydrogen-bond donors (Lipinski definition) is 0. The van der Waals surface area contributed by atoms with Crippen LogP contribution in [0, 0.1) is 0 Å². The summed E-state index contributed by atoms with van der Waals surface area (Å²) in [5, 5.41) is 1.11. The van der Waals surface area contributed by atoms with Crippen LogP contribution < -0.4 is 0 Å². The Morgan fingerprint density at radius 2 is 1.84 bits per heavy atom. The second kappa shape index (κ2) is 8.14. The van der Waals surface area contributed by atoms with Crippen molar-refractivity contribution in [1.29, 1.82) is 0 Å². The van der Waals surface area contributed by atoms with Crippen molar-refractivity contribution in [3.63, 3.8) is 0 Å². The molecule has 1 heterocycles. The quantitative estimate of drug-likeness (QED) is 0.460. The molecule has 4 nitrogen and oxygen atoms in total. The minimum atomic E-state index is -0.448. The first kappa shape index (κ1) is 17.5. The molecular formula is C19H15ClN2O2S. The maximum absolute atomic E-state index is 12.2. The molecule has 25 heavy (non-hydrogen) atoms. The lowest BCUT2D eigenvalue weighted by molar-refractivity contribution is 0.0521. The molecule has 0 amide bonds. The molecule has 0 fully saturated rings. The maximum Gasteiger partial charge on any atom is 0.342 e. The van der Waals surface area contributed by atoms with Gasteiger partial charge in [-0.05, 0) is 19.1 Å². The highest BCUT2D eigenvalue weighted by Gasteiger charge is 2.18. The van der Waals surface area contributed by atoms with Crippen molar-refractivity contribution in [3.8, 4) is 11.4 Å². The third-order valence-corrected chi connectivity index (χ3v) is 4.85. The molecule has 6 heteroatoms. The highest BCUT2D eigenvalue weighted by Crippen LogP contribution is 2.34.